The number of rotatable bonds is 2. The molecule has 2 aromatic rings. The first-order valence-corrected chi connectivity index (χ1v) is 5.20. The van der Waals surface area contributed by atoms with Gasteiger partial charge in [-0.15, -0.1) is 0 Å². The van der Waals surface area contributed by atoms with Crippen molar-refractivity contribution in [2.45, 2.75) is 6.54 Å². The van der Waals surface area contributed by atoms with E-state index in [1.165, 1.54) is 0 Å². The van der Waals surface area contributed by atoms with Gasteiger partial charge in [0.15, 0.2) is 0 Å². The highest BCUT2D eigenvalue weighted by atomic mass is 79.9. The van der Waals surface area contributed by atoms with E-state index in [0.717, 1.165) is 10.2 Å². The van der Waals surface area contributed by atoms with Gasteiger partial charge in [-0.05, 0) is 28.1 Å². The summed E-state index contributed by atoms with van der Waals surface area (Å²) >= 11 is 9.10. The number of halogens is 2. The van der Waals surface area contributed by atoms with E-state index in [9.17, 15) is 0 Å². The first kappa shape index (κ1) is 9.68. The van der Waals surface area contributed by atoms with Crippen LogP contribution in [-0.4, -0.2) is 14.8 Å². The van der Waals surface area contributed by atoms with Gasteiger partial charge >= 0.3 is 0 Å². The van der Waals surface area contributed by atoms with Crippen LogP contribution in [0.1, 0.15) is 5.69 Å². The minimum atomic E-state index is 0.508. The molecule has 0 saturated carbocycles. The summed E-state index contributed by atoms with van der Waals surface area (Å²) in [5.74, 6) is 0. The molecule has 0 aliphatic rings. The van der Waals surface area contributed by atoms with Crippen LogP contribution in [0, 0.1) is 0 Å². The quantitative estimate of drug-likeness (QED) is 0.787. The molecule has 0 unspecified atom stereocenters. The Hall–Kier alpha value is -0.870. The minimum Gasteiger partial charge on any atom is -0.266 e. The molecular formula is C9H7BrClN3. The first-order chi connectivity index (χ1) is 6.74. The van der Waals surface area contributed by atoms with Crippen LogP contribution in [0.5, 0.6) is 0 Å². The van der Waals surface area contributed by atoms with Crippen LogP contribution in [0.3, 0.4) is 0 Å². The molecule has 0 amide bonds. The first-order valence-electron chi connectivity index (χ1n) is 4.03. The molecule has 2 heterocycles. The van der Waals surface area contributed by atoms with Crippen LogP contribution in [0.25, 0.3) is 0 Å². The van der Waals surface area contributed by atoms with Crippen LogP contribution in [0.2, 0.25) is 5.15 Å². The number of hydrogen-bond acceptors (Lipinski definition) is 2. The third kappa shape index (κ3) is 2.33. The molecule has 72 valence electrons. The van der Waals surface area contributed by atoms with Crippen LogP contribution in [0.15, 0.2) is 35.1 Å². The summed E-state index contributed by atoms with van der Waals surface area (Å²) in [6.07, 6.45) is 3.63. The van der Waals surface area contributed by atoms with Crippen LogP contribution in [-0.2, 0) is 6.54 Å². The molecule has 2 aromatic heterocycles. The third-order valence-corrected chi connectivity index (χ3v) is 2.32. The van der Waals surface area contributed by atoms with Gasteiger partial charge in [-0.3, -0.25) is 4.68 Å². The van der Waals surface area contributed by atoms with E-state index in [4.69, 9.17) is 11.6 Å². The molecule has 0 fully saturated rings. The van der Waals surface area contributed by atoms with Crippen molar-refractivity contribution in [1.29, 1.82) is 0 Å². The van der Waals surface area contributed by atoms with E-state index in [-0.39, 0.29) is 0 Å². The molecule has 0 bridgehead atoms. The van der Waals surface area contributed by atoms with E-state index in [1.54, 1.807) is 16.9 Å². The Bertz CT molecular complexity index is 441. The summed E-state index contributed by atoms with van der Waals surface area (Å²) in [6.45, 7) is 0.631. The fraction of sp³-hybridized carbons (Fsp3) is 0.111. The fourth-order valence-corrected chi connectivity index (χ4v) is 1.64. The molecule has 0 aromatic carbocycles. The van der Waals surface area contributed by atoms with E-state index in [1.807, 2.05) is 18.3 Å². The Balaban J connectivity index is 2.18. The van der Waals surface area contributed by atoms with Gasteiger partial charge in [-0.2, -0.15) is 5.10 Å². The van der Waals surface area contributed by atoms with Crippen molar-refractivity contribution in [3.05, 3.63) is 45.9 Å². The second-order valence-corrected chi connectivity index (χ2v) is 4.11. The normalized spacial score (nSPS) is 10.4. The summed E-state index contributed by atoms with van der Waals surface area (Å²) in [5.41, 5.74) is 0.896. The van der Waals surface area contributed by atoms with Crippen molar-refractivity contribution in [2.24, 2.45) is 0 Å². The second-order valence-electron chi connectivity index (χ2n) is 2.81. The molecule has 2 rings (SSSR count). The zero-order chi connectivity index (χ0) is 9.97. The van der Waals surface area contributed by atoms with Crippen LogP contribution >= 0.6 is 27.5 Å². The van der Waals surface area contributed by atoms with Crippen molar-refractivity contribution in [1.82, 2.24) is 14.8 Å². The van der Waals surface area contributed by atoms with Crippen molar-refractivity contribution in [3.63, 3.8) is 0 Å². The largest absolute Gasteiger partial charge is 0.266 e. The Morgan fingerprint density at radius 3 is 2.93 bits per heavy atom. The Morgan fingerprint density at radius 2 is 2.29 bits per heavy atom. The second kappa shape index (κ2) is 4.11. The lowest BCUT2D eigenvalue weighted by Gasteiger charge is -2.00. The lowest BCUT2D eigenvalue weighted by Crippen LogP contribution is -2.01. The van der Waals surface area contributed by atoms with E-state index >= 15 is 0 Å². The third-order valence-electron chi connectivity index (χ3n) is 1.70. The number of hydrogen-bond donors (Lipinski definition) is 0. The standard InChI is InChI=1S/C9H7BrClN3/c10-7-4-12-14(5-7)6-8-2-1-3-9(11)13-8/h1-5H,6H2. The predicted molar refractivity (Wildman–Crippen MR) is 58.3 cm³/mol. The molecule has 14 heavy (non-hydrogen) atoms. The van der Waals surface area contributed by atoms with Crippen LogP contribution < -0.4 is 0 Å². The van der Waals surface area contributed by atoms with E-state index in [2.05, 4.69) is 26.0 Å². The van der Waals surface area contributed by atoms with Gasteiger partial charge in [0.05, 0.1) is 22.9 Å². The van der Waals surface area contributed by atoms with Crippen molar-refractivity contribution >= 4 is 27.5 Å². The maximum Gasteiger partial charge on any atom is 0.129 e. The average Bonchev–Trinajstić information content (AvgIpc) is 2.51. The number of pyridine rings is 1. The zero-order valence-electron chi connectivity index (χ0n) is 7.19. The maximum atomic E-state index is 5.77. The molecule has 0 radical (unpaired) electrons. The lowest BCUT2D eigenvalue weighted by molar-refractivity contribution is 0.672. The van der Waals surface area contributed by atoms with Crippen LogP contribution in [0.4, 0.5) is 0 Å². The molecule has 3 nitrogen and oxygen atoms in total. The summed E-state index contributed by atoms with van der Waals surface area (Å²) in [7, 11) is 0. The van der Waals surface area contributed by atoms with Gasteiger partial charge in [-0.1, -0.05) is 17.7 Å². The van der Waals surface area contributed by atoms with Gasteiger partial charge in [0, 0.05) is 6.20 Å². The molecule has 0 aliphatic carbocycles. The Kier molecular flexibility index (Phi) is 2.84. The highest BCUT2D eigenvalue weighted by molar-refractivity contribution is 9.10. The lowest BCUT2D eigenvalue weighted by atomic mass is 10.3. The highest BCUT2D eigenvalue weighted by Gasteiger charge is 1.99. The number of aromatic nitrogens is 3. The summed E-state index contributed by atoms with van der Waals surface area (Å²) < 4.78 is 2.75. The SMILES string of the molecule is Clc1cccc(Cn2cc(Br)cn2)n1. The topological polar surface area (TPSA) is 30.7 Å². The van der Waals surface area contributed by atoms with Gasteiger partial charge in [0.1, 0.15) is 5.15 Å². The monoisotopic (exact) mass is 271 g/mol. The molecule has 5 heteroatoms. The summed E-state index contributed by atoms with van der Waals surface area (Å²) in [5, 5.41) is 4.64. The molecule has 0 saturated heterocycles. The predicted octanol–water partition coefficient (Wildman–Crippen LogP) is 2.74. The summed E-state index contributed by atoms with van der Waals surface area (Å²) in [4.78, 5) is 4.17. The van der Waals surface area contributed by atoms with Crippen molar-refractivity contribution in [2.75, 3.05) is 0 Å². The van der Waals surface area contributed by atoms with E-state index < -0.39 is 0 Å². The van der Waals surface area contributed by atoms with E-state index in [0.29, 0.717) is 11.7 Å². The van der Waals surface area contributed by atoms with Gasteiger partial charge in [-0.25, -0.2) is 4.98 Å². The Labute approximate surface area is 94.9 Å². The molecule has 0 aliphatic heterocycles. The minimum absolute atomic E-state index is 0.508. The molecule has 0 N–H and O–H groups in total. The molecular weight excluding hydrogens is 265 g/mol. The molecule has 0 spiro atoms. The highest BCUT2D eigenvalue weighted by Crippen LogP contribution is 2.09. The van der Waals surface area contributed by atoms with Crippen molar-refractivity contribution in [3.8, 4) is 0 Å². The van der Waals surface area contributed by atoms with Gasteiger partial charge < -0.3 is 0 Å². The smallest absolute Gasteiger partial charge is 0.129 e. The zero-order valence-corrected chi connectivity index (χ0v) is 9.53. The average molecular weight is 273 g/mol. The Morgan fingerprint density at radius 1 is 1.43 bits per heavy atom. The molecule has 0 atom stereocenters. The van der Waals surface area contributed by atoms with Gasteiger partial charge in [0.25, 0.3) is 0 Å². The number of nitrogens with zero attached hydrogens (tertiary/aromatic N) is 3. The van der Waals surface area contributed by atoms with Crippen molar-refractivity contribution < 1.29 is 0 Å². The van der Waals surface area contributed by atoms with Gasteiger partial charge in [0.2, 0.25) is 0 Å². The maximum absolute atomic E-state index is 5.77. The fourth-order valence-electron chi connectivity index (χ4n) is 1.13. The summed E-state index contributed by atoms with van der Waals surface area (Å²) in [6, 6.07) is 5.55.